The number of carbonyl (C=O) groups excluding carboxylic acids is 1. The molecule has 0 unspecified atom stereocenters. The molecule has 0 saturated heterocycles. The first-order valence-corrected chi connectivity index (χ1v) is 9.69. The number of nitriles is 1. The van der Waals surface area contributed by atoms with Gasteiger partial charge >= 0.3 is 0 Å². The lowest BCUT2D eigenvalue weighted by Gasteiger charge is -2.19. The summed E-state index contributed by atoms with van der Waals surface area (Å²) in [5, 5.41) is 16.7. The van der Waals surface area contributed by atoms with Gasteiger partial charge in [-0.15, -0.1) is 10.1 Å². The third-order valence-corrected chi connectivity index (χ3v) is 5.24. The summed E-state index contributed by atoms with van der Waals surface area (Å²) < 4.78 is 1.49. The highest BCUT2D eigenvalue weighted by Gasteiger charge is 2.17. The molecule has 0 saturated carbocycles. The van der Waals surface area contributed by atoms with Gasteiger partial charge in [0.05, 0.1) is 16.4 Å². The molecule has 3 rings (SSSR count). The normalized spacial score (nSPS) is 11.9. The summed E-state index contributed by atoms with van der Waals surface area (Å²) >= 11 is 7.12. The second kappa shape index (κ2) is 7.97. The average Bonchev–Trinajstić information content (AvgIpc) is 3.07. The number of nitrogens with zero attached hydrogens (tertiary/aromatic N) is 4. The molecule has 6 nitrogen and oxygen atoms in total. The summed E-state index contributed by atoms with van der Waals surface area (Å²) in [6.07, 6.45) is 1.76. The third-order valence-electron chi connectivity index (χ3n) is 4.00. The second-order valence-electron chi connectivity index (χ2n) is 7.04. The first-order chi connectivity index (χ1) is 13.3. The van der Waals surface area contributed by atoms with Crippen LogP contribution in [-0.2, 0) is 5.41 Å². The maximum Gasteiger partial charge on any atom is 0.286 e. The molecular weight excluding hydrogens is 394 g/mol. The molecule has 0 aliphatic rings. The Kier molecular flexibility index (Phi) is 5.63. The minimum absolute atomic E-state index is 0.0190. The largest absolute Gasteiger partial charge is 0.318 e. The molecule has 0 aliphatic carbocycles. The Morgan fingerprint density at radius 2 is 1.89 bits per heavy atom. The summed E-state index contributed by atoms with van der Waals surface area (Å²) in [6, 6.07) is 14.7. The highest BCUT2D eigenvalue weighted by molar-refractivity contribution is 7.11. The van der Waals surface area contributed by atoms with Crippen LogP contribution < -0.4 is 10.1 Å². The van der Waals surface area contributed by atoms with Crippen molar-refractivity contribution in [2.75, 3.05) is 5.32 Å². The van der Waals surface area contributed by atoms with Gasteiger partial charge in [-0.2, -0.15) is 5.26 Å². The van der Waals surface area contributed by atoms with E-state index in [4.69, 9.17) is 16.9 Å². The van der Waals surface area contributed by atoms with Crippen molar-refractivity contribution in [3.05, 3.63) is 68.9 Å². The average molecular weight is 412 g/mol. The van der Waals surface area contributed by atoms with E-state index in [-0.39, 0.29) is 10.4 Å². The van der Waals surface area contributed by atoms with Crippen molar-refractivity contribution in [2.24, 2.45) is 4.99 Å². The Morgan fingerprint density at radius 3 is 2.50 bits per heavy atom. The quantitative estimate of drug-likeness (QED) is 0.643. The van der Waals surface area contributed by atoms with Crippen LogP contribution in [-0.4, -0.2) is 15.7 Å². The van der Waals surface area contributed by atoms with E-state index in [9.17, 15) is 4.79 Å². The van der Waals surface area contributed by atoms with Crippen LogP contribution in [0.1, 0.15) is 36.1 Å². The van der Waals surface area contributed by atoms with Crippen molar-refractivity contribution in [2.45, 2.75) is 26.2 Å². The number of carbonyl (C=O) groups is 1. The number of para-hydroxylation sites is 1. The lowest BCUT2D eigenvalue weighted by molar-refractivity contribution is 0.102. The number of rotatable bonds is 3. The highest BCUT2D eigenvalue weighted by atomic mass is 35.5. The molecule has 0 bridgehead atoms. The van der Waals surface area contributed by atoms with Gasteiger partial charge in [-0.05, 0) is 35.2 Å². The topological polar surface area (TPSA) is 83.1 Å². The number of anilines is 1. The molecule has 0 spiro atoms. The van der Waals surface area contributed by atoms with Gasteiger partial charge in [0.2, 0.25) is 16.0 Å². The van der Waals surface area contributed by atoms with Crippen molar-refractivity contribution in [1.29, 1.82) is 5.26 Å². The zero-order chi connectivity index (χ0) is 20.3. The van der Waals surface area contributed by atoms with Crippen LogP contribution in [0, 0.1) is 11.5 Å². The number of aromatic nitrogens is 2. The van der Waals surface area contributed by atoms with E-state index in [0.29, 0.717) is 15.5 Å². The van der Waals surface area contributed by atoms with Crippen molar-refractivity contribution in [3.8, 4) is 11.9 Å². The van der Waals surface area contributed by atoms with Gasteiger partial charge in [0.25, 0.3) is 5.91 Å². The first-order valence-electron chi connectivity index (χ1n) is 8.49. The Labute approximate surface area is 171 Å². The zero-order valence-electron chi connectivity index (χ0n) is 15.6. The number of hydrogen-bond donors (Lipinski definition) is 1. The number of hydrogen-bond acceptors (Lipinski definition) is 5. The van der Waals surface area contributed by atoms with Gasteiger partial charge in [-0.1, -0.05) is 68.0 Å². The summed E-state index contributed by atoms with van der Waals surface area (Å²) in [5.74, 6) is -0.419. The molecule has 1 amide bonds. The zero-order valence-corrected chi connectivity index (χ0v) is 17.2. The molecule has 2 aromatic carbocycles. The molecule has 142 valence electrons. The van der Waals surface area contributed by atoms with Crippen LogP contribution in [0.5, 0.6) is 0 Å². The number of benzene rings is 2. The van der Waals surface area contributed by atoms with Crippen molar-refractivity contribution in [1.82, 2.24) is 9.78 Å². The van der Waals surface area contributed by atoms with E-state index in [1.807, 2.05) is 24.3 Å². The summed E-state index contributed by atoms with van der Waals surface area (Å²) in [6.45, 7) is 6.39. The van der Waals surface area contributed by atoms with Crippen LogP contribution in [0.2, 0.25) is 5.02 Å². The molecule has 0 radical (unpaired) electrons. The van der Waals surface area contributed by atoms with E-state index in [1.165, 1.54) is 10.2 Å². The van der Waals surface area contributed by atoms with Crippen LogP contribution in [0.25, 0.3) is 5.69 Å². The Balaban J connectivity index is 1.97. The Bertz CT molecular complexity index is 1120. The Hall–Kier alpha value is -2.95. The van der Waals surface area contributed by atoms with Gasteiger partial charge in [0.1, 0.15) is 0 Å². The molecule has 3 aromatic rings. The minimum Gasteiger partial charge on any atom is -0.318 e. The molecule has 0 aliphatic heterocycles. The van der Waals surface area contributed by atoms with E-state index in [2.05, 4.69) is 36.2 Å². The molecule has 1 aromatic heterocycles. The summed E-state index contributed by atoms with van der Waals surface area (Å²) in [4.78, 5) is 16.7. The van der Waals surface area contributed by atoms with Gasteiger partial charge in [-0.3, -0.25) is 4.79 Å². The van der Waals surface area contributed by atoms with E-state index < -0.39 is 5.91 Å². The second-order valence-corrected chi connectivity index (χ2v) is 8.41. The van der Waals surface area contributed by atoms with E-state index in [0.717, 1.165) is 17.0 Å². The fourth-order valence-electron chi connectivity index (χ4n) is 2.50. The lowest BCUT2D eigenvalue weighted by Crippen LogP contribution is -2.16. The van der Waals surface area contributed by atoms with Gasteiger partial charge < -0.3 is 5.32 Å². The van der Waals surface area contributed by atoms with Crippen LogP contribution >= 0.6 is 22.9 Å². The van der Waals surface area contributed by atoms with Crippen LogP contribution in [0.15, 0.2) is 53.5 Å². The summed E-state index contributed by atoms with van der Waals surface area (Å²) in [5.41, 5.74) is 2.40. The maximum absolute atomic E-state index is 12.6. The molecule has 1 N–H and O–H groups in total. The molecule has 28 heavy (non-hydrogen) atoms. The SMILES string of the molecule is CC(C)(C)c1ccc(-n2nc(C(=O)Nc3ccccc3Cl)sc2=NC#N)cc1. The molecule has 0 atom stereocenters. The lowest BCUT2D eigenvalue weighted by atomic mass is 9.87. The molecule has 8 heteroatoms. The van der Waals surface area contributed by atoms with E-state index >= 15 is 0 Å². The van der Waals surface area contributed by atoms with Gasteiger partial charge in [0, 0.05) is 0 Å². The molecule has 1 heterocycles. The van der Waals surface area contributed by atoms with Crippen molar-refractivity contribution in [3.63, 3.8) is 0 Å². The number of amides is 1. The van der Waals surface area contributed by atoms with Crippen molar-refractivity contribution >= 4 is 34.5 Å². The van der Waals surface area contributed by atoms with Crippen LogP contribution in [0.4, 0.5) is 5.69 Å². The standard InChI is InChI=1S/C20H18ClN5OS/c1-20(2,3)13-8-10-14(11-9-13)26-19(23-12-22)28-18(25-26)17(27)24-16-7-5-4-6-15(16)21/h4-11H,1-3H3,(H,24,27). The first kappa shape index (κ1) is 19.8. The van der Waals surface area contributed by atoms with E-state index in [1.54, 1.807) is 30.5 Å². The predicted octanol–water partition coefficient (Wildman–Crippen LogP) is 4.52. The highest BCUT2D eigenvalue weighted by Crippen LogP contribution is 2.23. The fourth-order valence-corrected chi connectivity index (χ4v) is 3.44. The number of halogens is 1. The van der Waals surface area contributed by atoms with Crippen molar-refractivity contribution < 1.29 is 4.79 Å². The molecular formula is C20H18ClN5OS. The monoisotopic (exact) mass is 411 g/mol. The third kappa shape index (κ3) is 4.30. The minimum atomic E-state index is -0.419. The number of nitrogens with one attached hydrogen (secondary N) is 1. The predicted molar refractivity (Wildman–Crippen MR) is 111 cm³/mol. The van der Waals surface area contributed by atoms with Crippen LogP contribution in [0.3, 0.4) is 0 Å². The summed E-state index contributed by atoms with van der Waals surface area (Å²) in [7, 11) is 0. The fraction of sp³-hybridized carbons (Fsp3) is 0.200. The molecule has 0 fully saturated rings. The Morgan fingerprint density at radius 1 is 1.21 bits per heavy atom. The van der Waals surface area contributed by atoms with Gasteiger partial charge in [0.15, 0.2) is 0 Å². The maximum atomic E-state index is 12.6. The van der Waals surface area contributed by atoms with Gasteiger partial charge in [-0.25, -0.2) is 4.68 Å². The smallest absolute Gasteiger partial charge is 0.286 e.